The van der Waals surface area contributed by atoms with Crippen LogP contribution < -0.4 is 18.9 Å². The first kappa shape index (κ1) is 30.6. The first-order valence-electron chi connectivity index (χ1n) is 14.2. The molecule has 2 heterocycles. The summed E-state index contributed by atoms with van der Waals surface area (Å²) in [5.41, 5.74) is 1.61. The van der Waals surface area contributed by atoms with Crippen molar-refractivity contribution in [2.75, 3.05) is 46.3 Å². The Kier molecular flexibility index (Phi) is 10.1. The van der Waals surface area contributed by atoms with Crippen LogP contribution >= 0.6 is 0 Å². The van der Waals surface area contributed by atoms with Crippen molar-refractivity contribution in [1.29, 1.82) is 0 Å². The average molecular weight is 588 g/mol. The first-order chi connectivity index (χ1) is 19.6. The van der Waals surface area contributed by atoms with Crippen LogP contribution in [-0.4, -0.2) is 76.4 Å². The number of sulfonamides is 1. The van der Waals surface area contributed by atoms with Crippen LogP contribution in [0.15, 0.2) is 42.5 Å². The summed E-state index contributed by atoms with van der Waals surface area (Å²) in [4.78, 5) is 31.4. The Morgan fingerprint density at radius 1 is 1.00 bits per heavy atom. The fraction of sp³-hybridized carbons (Fsp3) is 0.533. The van der Waals surface area contributed by atoms with Gasteiger partial charge >= 0.3 is 0 Å². The van der Waals surface area contributed by atoms with Gasteiger partial charge < -0.3 is 19.1 Å². The number of benzene rings is 2. The maximum Gasteiger partial charge on any atom is 0.239 e. The highest BCUT2D eigenvalue weighted by Crippen LogP contribution is 2.48. The molecule has 10 nitrogen and oxygen atoms in total. The van der Waals surface area contributed by atoms with Crippen molar-refractivity contribution in [3.05, 3.63) is 53.6 Å². The van der Waals surface area contributed by atoms with Gasteiger partial charge in [-0.15, -0.1) is 0 Å². The largest absolute Gasteiger partial charge is 0.497 e. The number of fused-ring (bicyclic) bond motifs is 1. The van der Waals surface area contributed by atoms with Crippen LogP contribution in [0.5, 0.6) is 17.2 Å². The molecule has 2 aliphatic heterocycles. The average Bonchev–Trinajstić information content (AvgIpc) is 3.56. The topological polar surface area (TPSA) is 114 Å². The summed E-state index contributed by atoms with van der Waals surface area (Å²) in [5, 5.41) is 0. The van der Waals surface area contributed by atoms with Gasteiger partial charge in [0, 0.05) is 31.6 Å². The quantitative estimate of drug-likeness (QED) is 0.378. The van der Waals surface area contributed by atoms with Crippen LogP contribution in [-0.2, 0) is 19.6 Å². The van der Waals surface area contributed by atoms with Crippen LogP contribution in [0.2, 0.25) is 0 Å². The molecule has 1 fully saturated rings. The second-order valence-corrected chi connectivity index (χ2v) is 12.5. The summed E-state index contributed by atoms with van der Waals surface area (Å²) in [6.07, 6.45) is 4.76. The van der Waals surface area contributed by atoms with E-state index in [2.05, 4.69) is 18.6 Å². The van der Waals surface area contributed by atoms with Gasteiger partial charge in [0.1, 0.15) is 5.75 Å². The number of hydrogen-bond donors (Lipinski definition) is 1. The zero-order valence-corrected chi connectivity index (χ0v) is 25.1. The number of carbonyl (C=O) groups excluding carboxylic acids is 2. The highest BCUT2D eigenvalue weighted by Gasteiger charge is 2.48. The third-order valence-corrected chi connectivity index (χ3v) is 8.30. The Labute approximate surface area is 243 Å². The van der Waals surface area contributed by atoms with E-state index in [1.165, 1.54) is 0 Å². The SMILES string of the molecule is CCCCN(CCCC)C(=O)CN1C[C@H](c2ccc3c(c2)OCO3)[C@H](C(=O)NS(C)(=O)=O)[C@H]1c1ccc(OC)cc1. The molecule has 0 aromatic heterocycles. The lowest BCUT2D eigenvalue weighted by Gasteiger charge is -2.30. The van der Waals surface area contributed by atoms with Crippen LogP contribution in [0.4, 0.5) is 0 Å². The smallest absolute Gasteiger partial charge is 0.239 e. The van der Waals surface area contributed by atoms with Gasteiger partial charge in [0.05, 0.1) is 25.8 Å². The number of hydrogen-bond acceptors (Lipinski definition) is 8. The standard InChI is InChI=1S/C30H41N3O7S/c1-5-7-15-32(16-8-6-2)27(34)19-33-18-24(22-11-14-25-26(17-22)40-20-39-25)28(30(35)31-41(4,36)37)29(33)21-9-12-23(38-3)13-10-21/h9-14,17,24,28-29H,5-8,15-16,18-20H2,1-4H3,(H,31,35)/t24-,28+,29-/m1/s1. The first-order valence-corrected chi connectivity index (χ1v) is 16.1. The van der Waals surface area contributed by atoms with Crippen molar-refractivity contribution in [3.8, 4) is 17.2 Å². The molecule has 0 saturated carbocycles. The van der Waals surface area contributed by atoms with Crippen LogP contribution in [0.25, 0.3) is 0 Å². The molecule has 2 aromatic rings. The Bertz CT molecular complexity index is 1310. The van der Waals surface area contributed by atoms with Crippen molar-refractivity contribution >= 4 is 21.8 Å². The number of unbranched alkanes of at least 4 members (excludes halogenated alkanes) is 2. The van der Waals surface area contributed by atoms with Crippen molar-refractivity contribution < 1.29 is 32.2 Å². The molecule has 224 valence electrons. The molecule has 4 rings (SSSR count). The Balaban J connectivity index is 1.75. The third-order valence-electron chi connectivity index (χ3n) is 7.72. The number of amides is 2. The maximum atomic E-state index is 13.7. The summed E-state index contributed by atoms with van der Waals surface area (Å²) in [6.45, 7) is 6.15. The zero-order valence-electron chi connectivity index (χ0n) is 24.3. The molecule has 0 radical (unpaired) electrons. The number of methoxy groups -OCH3 is 1. The van der Waals surface area contributed by atoms with Crippen molar-refractivity contribution in [3.63, 3.8) is 0 Å². The fourth-order valence-corrected chi connectivity index (χ4v) is 6.18. The Hall–Kier alpha value is -3.31. The zero-order chi connectivity index (χ0) is 29.6. The molecule has 0 unspecified atom stereocenters. The van der Waals surface area contributed by atoms with Gasteiger partial charge in [-0.25, -0.2) is 8.42 Å². The summed E-state index contributed by atoms with van der Waals surface area (Å²) >= 11 is 0. The molecule has 2 aliphatic rings. The predicted molar refractivity (Wildman–Crippen MR) is 155 cm³/mol. The molecular weight excluding hydrogens is 546 g/mol. The van der Waals surface area contributed by atoms with Crippen LogP contribution in [0.3, 0.4) is 0 Å². The van der Waals surface area contributed by atoms with E-state index in [9.17, 15) is 18.0 Å². The maximum absolute atomic E-state index is 13.7. The van der Waals surface area contributed by atoms with Crippen molar-refractivity contribution in [2.45, 2.75) is 51.5 Å². The van der Waals surface area contributed by atoms with E-state index < -0.39 is 33.8 Å². The van der Waals surface area contributed by atoms with Gasteiger partial charge in [-0.05, 0) is 48.2 Å². The molecule has 3 atom stereocenters. The minimum atomic E-state index is -3.82. The number of ether oxygens (including phenoxy) is 3. The minimum absolute atomic E-state index is 0.000908. The number of carbonyl (C=O) groups is 2. The molecule has 1 saturated heterocycles. The monoisotopic (exact) mass is 587 g/mol. The van der Waals surface area contributed by atoms with Crippen LogP contribution in [0, 0.1) is 5.92 Å². The third kappa shape index (κ3) is 7.51. The summed E-state index contributed by atoms with van der Waals surface area (Å²) in [7, 11) is -2.25. The Morgan fingerprint density at radius 3 is 2.24 bits per heavy atom. The summed E-state index contributed by atoms with van der Waals surface area (Å²) in [5.74, 6) is 0.0236. The Morgan fingerprint density at radius 2 is 1.63 bits per heavy atom. The normalized spacial score (nSPS) is 20.1. The summed E-state index contributed by atoms with van der Waals surface area (Å²) < 4.78 is 43.1. The molecule has 11 heteroatoms. The highest BCUT2D eigenvalue weighted by atomic mass is 32.2. The molecule has 1 N–H and O–H groups in total. The van der Waals surface area contributed by atoms with E-state index in [0.29, 0.717) is 36.9 Å². The van der Waals surface area contributed by atoms with Crippen LogP contribution in [0.1, 0.15) is 62.6 Å². The molecular formula is C30H41N3O7S. The fourth-order valence-electron chi connectivity index (χ4n) is 5.68. The van der Waals surface area contributed by atoms with E-state index in [1.807, 2.05) is 46.2 Å². The summed E-state index contributed by atoms with van der Waals surface area (Å²) in [6, 6.07) is 12.3. The lowest BCUT2D eigenvalue weighted by molar-refractivity contribution is -0.133. The molecule has 2 amide bonds. The van der Waals surface area contributed by atoms with Crippen molar-refractivity contribution in [2.24, 2.45) is 5.92 Å². The molecule has 41 heavy (non-hydrogen) atoms. The van der Waals surface area contributed by atoms with E-state index in [-0.39, 0.29) is 19.2 Å². The van der Waals surface area contributed by atoms with Gasteiger partial charge in [0.25, 0.3) is 0 Å². The predicted octanol–water partition coefficient (Wildman–Crippen LogP) is 3.69. The van der Waals surface area contributed by atoms with E-state index in [4.69, 9.17) is 14.2 Å². The highest BCUT2D eigenvalue weighted by molar-refractivity contribution is 7.89. The van der Waals surface area contributed by atoms with E-state index >= 15 is 0 Å². The van der Waals surface area contributed by atoms with Gasteiger partial charge in [0.15, 0.2) is 11.5 Å². The lowest BCUT2D eigenvalue weighted by Crippen LogP contribution is -2.43. The van der Waals surface area contributed by atoms with Gasteiger partial charge in [0.2, 0.25) is 28.6 Å². The van der Waals surface area contributed by atoms with E-state index in [1.54, 1.807) is 13.2 Å². The molecule has 0 spiro atoms. The molecule has 0 aliphatic carbocycles. The second kappa shape index (κ2) is 13.6. The molecule has 2 aromatic carbocycles. The number of nitrogens with one attached hydrogen (secondary N) is 1. The van der Waals surface area contributed by atoms with Gasteiger partial charge in [-0.1, -0.05) is 44.9 Å². The number of nitrogens with zero attached hydrogens (tertiary/aromatic N) is 2. The second-order valence-electron chi connectivity index (χ2n) is 10.7. The van der Waals surface area contributed by atoms with Crippen molar-refractivity contribution in [1.82, 2.24) is 14.5 Å². The minimum Gasteiger partial charge on any atom is -0.497 e. The van der Waals surface area contributed by atoms with Gasteiger partial charge in [-0.2, -0.15) is 0 Å². The number of rotatable bonds is 13. The van der Waals surface area contributed by atoms with E-state index in [0.717, 1.165) is 43.1 Å². The number of likely N-dealkylation sites (tertiary alicyclic amines) is 1. The lowest BCUT2D eigenvalue weighted by atomic mass is 9.82. The van der Waals surface area contributed by atoms with Gasteiger partial charge in [-0.3, -0.25) is 19.2 Å². The molecule has 0 bridgehead atoms.